The third-order valence-corrected chi connectivity index (χ3v) is 4.32. The molecule has 25 heavy (non-hydrogen) atoms. The van der Waals surface area contributed by atoms with E-state index in [1.54, 1.807) is 6.07 Å². The van der Waals surface area contributed by atoms with Crippen LogP contribution in [0, 0.1) is 23.4 Å². The lowest BCUT2D eigenvalue weighted by atomic mass is 10.1. The van der Waals surface area contributed by atoms with E-state index in [1.807, 2.05) is 0 Å². The average molecular weight is 372 g/mol. The van der Waals surface area contributed by atoms with Crippen molar-refractivity contribution in [3.8, 4) is 0 Å². The highest BCUT2D eigenvalue weighted by atomic mass is 35.5. The van der Waals surface area contributed by atoms with E-state index in [4.69, 9.17) is 11.6 Å². The van der Waals surface area contributed by atoms with Crippen molar-refractivity contribution in [3.05, 3.63) is 52.6 Å². The molecule has 2 amide bonds. The number of nitrogens with one attached hydrogen (secondary N) is 2. The second-order valence-corrected chi connectivity index (χ2v) is 6.09. The maximum atomic E-state index is 13.2. The topological polar surface area (TPSA) is 65.2 Å². The molecule has 2 aromatic rings. The van der Waals surface area contributed by atoms with Gasteiger partial charge in [0.25, 0.3) is 5.91 Å². The summed E-state index contributed by atoms with van der Waals surface area (Å²) in [5.41, 5.74) is 0.0593. The van der Waals surface area contributed by atoms with Gasteiger partial charge in [-0.25, -0.2) is 13.2 Å². The zero-order valence-electron chi connectivity index (χ0n) is 12.8. The Morgan fingerprint density at radius 1 is 1.24 bits per heavy atom. The number of hydrogen-bond acceptors (Lipinski definition) is 2. The molecule has 0 aliphatic carbocycles. The lowest BCUT2D eigenvalue weighted by Crippen LogP contribution is -2.31. The van der Waals surface area contributed by atoms with Gasteiger partial charge in [-0.2, -0.15) is 0 Å². The highest BCUT2D eigenvalue weighted by Gasteiger charge is 2.32. The van der Waals surface area contributed by atoms with Crippen molar-refractivity contribution in [2.45, 2.75) is 6.42 Å². The normalized spacial score (nSPS) is 17.0. The highest BCUT2D eigenvalue weighted by molar-refractivity contribution is 6.33. The fourth-order valence-electron chi connectivity index (χ4n) is 2.70. The van der Waals surface area contributed by atoms with Crippen molar-refractivity contribution in [1.82, 2.24) is 9.88 Å². The first kappa shape index (κ1) is 17.3. The molecule has 1 fully saturated rings. The first-order valence-corrected chi connectivity index (χ1v) is 7.82. The lowest BCUT2D eigenvalue weighted by molar-refractivity contribution is -0.119. The number of rotatable bonds is 3. The maximum absolute atomic E-state index is 13.2. The van der Waals surface area contributed by atoms with Crippen LogP contribution >= 0.6 is 11.6 Å². The van der Waals surface area contributed by atoms with E-state index in [1.165, 1.54) is 11.1 Å². The number of carbonyl (C=O) groups is 2. The van der Waals surface area contributed by atoms with Gasteiger partial charge in [0.15, 0.2) is 17.5 Å². The van der Waals surface area contributed by atoms with E-state index >= 15 is 0 Å². The summed E-state index contributed by atoms with van der Waals surface area (Å²) in [4.78, 5) is 28.7. The Labute approximate surface area is 145 Å². The molecule has 1 saturated heterocycles. The highest BCUT2D eigenvalue weighted by Crippen LogP contribution is 2.24. The Hall–Kier alpha value is -2.48. The molecular formula is C16H13ClF3N3O2. The van der Waals surface area contributed by atoms with Crippen LogP contribution in [0.1, 0.15) is 16.9 Å². The summed E-state index contributed by atoms with van der Waals surface area (Å²) in [6.45, 7) is 0.491. The van der Waals surface area contributed by atoms with Crippen molar-refractivity contribution in [2.24, 2.45) is 5.92 Å². The van der Waals surface area contributed by atoms with Crippen molar-refractivity contribution < 1.29 is 22.8 Å². The molecule has 0 radical (unpaired) electrons. The Balaban J connectivity index is 1.65. The number of nitrogens with zero attached hydrogens (tertiary/aromatic N) is 1. The molecule has 0 saturated carbocycles. The molecule has 9 heteroatoms. The van der Waals surface area contributed by atoms with E-state index in [9.17, 15) is 22.8 Å². The van der Waals surface area contributed by atoms with Gasteiger partial charge < -0.3 is 15.2 Å². The molecular weight excluding hydrogens is 359 g/mol. The fraction of sp³-hybridized carbons (Fsp3) is 0.250. The van der Waals surface area contributed by atoms with Crippen LogP contribution < -0.4 is 5.32 Å². The molecule has 132 valence electrons. The summed E-state index contributed by atoms with van der Waals surface area (Å²) in [5.74, 6) is -5.75. The van der Waals surface area contributed by atoms with Crippen LogP contribution in [0.2, 0.25) is 5.02 Å². The van der Waals surface area contributed by atoms with Crippen molar-refractivity contribution >= 4 is 29.1 Å². The molecule has 1 aliphatic rings. The third-order valence-electron chi connectivity index (χ3n) is 4.01. The van der Waals surface area contributed by atoms with Crippen LogP contribution in [0.3, 0.4) is 0 Å². The van der Waals surface area contributed by atoms with Crippen LogP contribution in [-0.4, -0.2) is 34.8 Å². The number of aromatic amines is 1. The number of amides is 2. The zero-order chi connectivity index (χ0) is 18.1. The SMILES string of the molecule is O=C(Nc1cc(F)c(F)c(F)c1)[C@H]1CCN(C(=O)c2[nH]ccc2Cl)C1. The summed E-state index contributed by atoms with van der Waals surface area (Å²) in [5, 5.41) is 2.63. The van der Waals surface area contributed by atoms with Gasteiger partial charge in [-0.05, 0) is 12.5 Å². The standard InChI is InChI=1S/C16H13ClF3N3O2/c17-10-1-3-21-14(10)16(25)23-4-2-8(7-23)15(24)22-9-5-11(18)13(20)12(19)6-9/h1,3,5-6,8,21H,2,4,7H2,(H,22,24)/t8-/m0/s1. The van der Waals surface area contributed by atoms with Crippen LogP contribution in [0.25, 0.3) is 0 Å². The summed E-state index contributed by atoms with van der Waals surface area (Å²) in [6.07, 6.45) is 1.93. The number of anilines is 1. The van der Waals surface area contributed by atoms with Gasteiger partial charge in [-0.3, -0.25) is 9.59 Å². The van der Waals surface area contributed by atoms with Gasteiger partial charge in [-0.15, -0.1) is 0 Å². The number of hydrogen-bond donors (Lipinski definition) is 2. The van der Waals surface area contributed by atoms with Gasteiger partial charge in [0.2, 0.25) is 5.91 Å². The summed E-state index contributed by atoms with van der Waals surface area (Å²) >= 11 is 5.90. The second kappa shape index (κ2) is 6.79. The minimum absolute atomic E-state index is 0.145. The molecule has 1 atom stereocenters. The minimum atomic E-state index is -1.60. The van der Waals surface area contributed by atoms with E-state index < -0.39 is 29.3 Å². The molecule has 3 rings (SSSR count). The predicted molar refractivity (Wildman–Crippen MR) is 84.8 cm³/mol. The molecule has 0 unspecified atom stereocenters. The molecule has 0 spiro atoms. The maximum Gasteiger partial charge on any atom is 0.271 e. The summed E-state index contributed by atoms with van der Waals surface area (Å²) in [7, 11) is 0. The van der Waals surface area contributed by atoms with Crippen molar-refractivity contribution in [3.63, 3.8) is 0 Å². The molecule has 5 nitrogen and oxygen atoms in total. The molecule has 2 heterocycles. The fourth-order valence-corrected chi connectivity index (χ4v) is 2.90. The number of halogens is 4. The van der Waals surface area contributed by atoms with Crippen molar-refractivity contribution in [2.75, 3.05) is 18.4 Å². The van der Waals surface area contributed by atoms with Gasteiger partial charge in [0.1, 0.15) is 5.69 Å². The monoisotopic (exact) mass is 371 g/mol. The van der Waals surface area contributed by atoms with Gasteiger partial charge in [0, 0.05) is 37.1 Å². The predicted octanol–water partition coefficient (Wildman–Crippen LogP) is 3.19. The minimum Gasteiger partial charge on any atom is -0.356 e. The lowest BCUT2D eigenvalue weighted by Gasteiger charge is -2.16. The van der Waals surface area contributed by atoms with Crippen LogP contribution in [0.15, 0.2) is 24.4 Å². The van der Waals surface area contributed by atoms with E-state index in [2.05, 4.69) is 10.3 Å². The quantitative estimate of drug-likeness (QED) is 0.814. The number of aromatic nitrogens is 1. The Kier molecular flexibility index (Phi) is 4.71. The zero-order valence-corrected chi connectivity index (χ0v) is 13.5. The number of carbonyl (C=O) groups excluding carboxylic acids is 2. The van der Waals surface area contributed by atoms with Gasteiger partial charge in [0.05, 0.1) is 10.9 Å². The number of H-pyrrole nitrogens is 1. The van der Waals surface area contributed by atoms with E-state index in [-0.39, 0.29) is 28.9 Å². The first-order chi connectivity index (χ1) is 11.9. The van der Waals surface area contributed by atoms with E-state index in [0.717, 1.165) is 0 Å². The van der Waals surface area contributed by atoms with Gasteiger partial charge in [-0.1, -0.05) is 11.6 Å². The van der Waals surface area contributed by atoms with Gasteiger partial charge >= 0.3 is 0 Å². The molecule has 2 N–H and O–H groups in total. The Morgan fingerprint density at radius 2 is 1.92 bits per heavy atom. The Morgan fingerprint density at radius 3 is 2.52 bits per heavy atom. The molecule has 1 aromatic carbocycles. The van der Waals surface area contributed by atoms with Crippen LogP contribution in [-0.2, 0) is 4.79 Å². The largest absolute Gasteiger partial charge is 0.356 e. The molecule has 1 aromatic heterocycles. The van der Waals surface area contributed by atoms with Crippen LogP contribution in [0.4, 0.5) is 18.9 Å². The summed E-state index contributed by atoms with van der Waals surface area (Å²) < 4.78 is 39.3. The first-order valence-electron chi connectivity index (χ1n) is 7.44. The third kappa shape index (κ3) is 3.48. The number of benzene rings is 1. The summed E-state index contributed by atoms with van der Waals surface area (Å²) in [6, 6.07) is 2.95. The average Bonchev–Trinajstić information content (AvgIpc) is 3.21. The van der Waals surface area contributed by atoms with Crippen molar-refractivity contribution in [1.29, 1.82) is 0 Å². The second-order valence-electron chi connectivity index (χ2n) is 5.68. The molecule has 0 bridgehead atoms. The van der Waals surface area contributed by atoms with E-state index in [0.29, 0.717) is 25.1 Å². The Bertz CT molecular complexity index is 817. The molecule has 1 aliphatic heterocycles. The smallest absolute Gasteiger partial charge is 0.271 e. The number of likely N-dealkylation sites (tertiary alicyclic amines) is 1. The van der Waals surface area contributed by atoms with Crippen LogP contribution in [0.5, 0.6) is 0 Å².